The van der Waals surface area contributed by atoms with Crippen LogP contribution in [-0.4, -0.2) is 64.6 Å². The summed E-state index contributed by atoms with van der Waals surface area (Å²) in [4.78, 5) is 57.2. The molecule has 1 unspecified atom stereocenters. The molecule has 43 heavy (non-hydrogen) atoms. The van der Waals surface area contributed by atoms with E-state index in [4.69, 9.17) is 9.72 Å². The fraction of sp³-hybridized carbons (Fsp3) is 0.500. The molecule has 2 aliphatic heterocycles. The minimum absolute atomic E-state index is 0.213. The minimum atomic E-state index is -4.87. The number of ether oxygens (including phenoxy) is 1. The van der Waals surface area contributed by atoms with Crippen molar-refractivity contribution in [2.24, 2.45) is 11.3 Å². The summed E-state index contributed by atoms with van der Waals surface area (Å²) in [7, 11) is 0. The second-order valence-corrected chi connectivity index (χ2v) is 11.7. The van der Waals surface area contributed by atoms with Gasteiger partial charge in [0.2, 0.25) is 5.91 Å². The van der Waals surface area contributed by atoms with Crippen molar-refractivity contribution < 1.29 is 37.1 Å². The smallest absolute Gasteiger partial charge is 0.395 e. The van der Waals surface area contributed by atoms with E-state index in [0.29, 0.717) is 29.6 Å². The summed E-state index contributed by atoms with van der Waals surface area (Å²) >= 11 is 0. The van der Waals surface area contributed by atoms with Crippen molar-refractivity contribution in [1.29, 1.82) is 0 Å². The first-order valence-corrected chi connectivity index (χ1v) is 14.1. The number of nitrogens with one attached hydrogen (secondary N) is 3. The number of rotatable bonds is 1. The summed E-state index contributed by atoms with van der Waals surface area (Å²) in [6, 6.07) is 6.58. The number of cyclic esters (lactones) is 1. The molecule has 1 saturated heterocycles. The first-order valence-electron chi connectivity index (χ1n) is 14.1. The number of pyridine rings is 1. The molecule has 1 aromatic heterocycles. The molecule has 10 nitrogen and oxygen atoms in total. The molecule has 232 valence electrons. The highest BCUT2D eigenvalue weighted by molar-refractivity contribution is 5.91. The largest absolute Gasteiger partial charge is 0.451 e. The van der Waals surface area contributed by atoms with Gasteiger partial charge in [0.05, 0.1) is 28.6 Å². The molecule has 3 amide bonds. The molecule has 5 atom stereocenters. The van der Waals surface area contributed by atoms with E-state index >= 15 is 0 Å². The normalized spacial score (nSPS) is 27.2. The number of alkyl halides is 3. The van der Waals surface area contributed by atoms with Gasteiger partial charge in [-0.15, -0.1) is 0 Å². The van der Waals surface area contributed by atoms with Crippen molar-refractivity contribution in [2.45, 2.75) is 77.9 Å². The summed E-state index contributed by atoms with van der Waals surface area (Å²) in [5.74, 6) is -5.70. The predicted molar refractivity (Wildman–Crippen MR) is 152 cm³/mol. The number of nitrogens with zero attached hydrogens (tertiary/aromatic N) is 2. The van der Waals surface area contributed by atoms with Crippen LogP contribution in [0.1, 0.15) is 64.8 Å². The van der Waals surface area contributed by atoms with E-state index in [1.54, 1.807) is 25.1 Å². The van der Waals surface area contributed by atoms with E-state index in [0.717, 1.165) is 12.3 Å². The Morgan fingerprint density at radius 2 is 1.70 bits per heavy atom. The zero-order chi connectivity index (χ0) is 31.7. The number of aromatic nitrogens is 1. The van der Waals surface area contributed by atoms with Gasteiger partial charge in [0.25, 0.3) is 11.8 Å². The molecule has 0 saturated carbocycles. The second-order valence-electron chi connectivity index (χ2n) is 11.7. The maximum atomic E-state index is 13.8. The SMILES string of the molecule is CC([C@@H]1OC(=O)C(C)(C)/C=C/c2ccc3ccc(nc3c2)[C@@H](C)NC(=O)[C@@H]2CCCN(N2)C(=O)[C@H](C)NC1=O)C(F)(F)F. The highest BCUT2D eigenvalue weighted by Crippen LogP contribution is 2.32. The van der Waals surface area contributed by atoms with Gasteiger partial charge in [-0.1, -0.05) is 30.4 Å². The molecule has 4 rings (SSSR count). The van der Waals surface area contributed by atoms with Gasteiger partial charge < -0.3 is 15.4 Å². The Bertz CT molecular complexity index is 1440. The lowest BCUT2D eigenvalue weighted by Gasteiger charge is -2.35. The van der Waals surface area contributed by atoms with Crippen molar-refractivity contribution in [3.8, 4) is 0 Å². The molecule has 3 heterocycles. The van der Waals surface area contributed by atoms with Gasteiger partial charge >= 0.3 is 12.1 Å². The predicted octanol–water partition coefficient (Wildman–Crippen LogP) is 3.58. The fourth-order valence-electron chi connectivity index (χ4n) is 4.80. The number of esters is 1. The molecule has 0 aliphatic carbocycles. The fourth-order valence-corrected chi connectivity index (χ4v) is 4.80. The number of amides is 3. The second kappa shape index (κ2) is 12.3. The lowest BCUT2D eigenvalue weighted by Crippen LogP contribution is -2.61. The third-order valence-electron chi connectivity index (χ3n) is 7.72. The van der Waals surface area contributed by atoms with Gasteiger partial charge in [-0.3, -0.25) is 29.2 Å². The molecule has 1 fully saturated rings. The Kier molecular flexibility index (Phi) is 9.14. The Morgan fingerprint density at radius 3 is 2.40 bits per heavy atom. The summed E-state index contributed by atoms with van der Waals surface area (Å²) in [6.45, 7) is 6.97. The highest BCUT2D eigenvalue weighted by atomic mass is 19.4. The van der Waals surface area contributed by atoms with E-state index in [9.17, 15) is 32.3 Å². The molecular formula is C30H36F3N5O5. The van der Waals surface area contributed by atoms with E-state index in [1.807, 2.05) is 18.2 Å². The zero-order valence-corrected chi connectivity index (χ0v) is 24.6. The van der Waals surface area contributed by atoms with Gasteiger partial charge in [-0.05, 0) is 65.2 Å². The Morgan fingerprint density at radius 1 is 1.02 bits per heavy atom. The molecule has 2 aromatic rings. The lowest BCUT2D eigenvalue weighted by atomic mass is 9.91. The molecule has 1 aromatic carbocycles. The van der Waals surface area contributed by atoms with Crippen LogP contribution in [0.3, 0.4) is 0 Å². The zero-order valence-electron chi connectivity index (χ0n) is 24.6. The standard InChI is InChI=1S/C30H36F3N5O5/c1-16(30(31,32)33)24-26(40)35-18(3)27(41)38-14-6-7-22(37-38)25(39)34-17(2)21-11-10-20-9-8-19(15-23(20)36-21)12-13-29(4,5)28(42)43-24/h8-13,15-18,22,24,37H,6-7,14H2,1-5H3,(H,34,39)(H,35,40)/b13-12+/t16?,17-,18+,22+,24+/m1/s1. The maximum absolute atomic E-state index is 13.8. The van der Waals surface area contributed by atoms with Crippen LogP contribution in [-0.2, 0) is 23.9 Å². The van der Waals surface area contributed by atoms with E-state index in [2.05, 4.69) is 16.1 Å². The number of hydrazine groups is 1. The van der Waals surface area contributed by atoms with E-state index < -0.39 is 59.5 Å². The van der Waals surface area contributed by atoms with Gasteiger partial charge in [0.1, 0.15) is 12.1 Å². The number of carbonyl (C=O) groups is 4. The molecule has 3 N–H and O–H groups in total. The number of fused-ring (bicyclic) bond motifs is 4. The van der Waals surface area contributed by atoms with Gasteiger partial charge in [-0.2, -0.15) is 13.2 Å². The van der Waals surface area contributed by atoms with Crippen molar-refractivity contribution in [3.05, 3.63) is 47.7 Å². The van der Waals surface area contributed by atoms with E-state index in [1.165, 1.54) is 31.9 Å². The first-order chi connectivity index (χ1) is 20.1. The van der Waals surface area contributed by atoms with Crippen LogP contribution in [0.15, 0.2) is 36.4 Å². The number of hydrogen-bond acceptors (Lipinski definition) is 7. The van der Waals surface area contributed by atoms with Crippen LogP contribution >= 0.6 is 0 Å². The monoisotopic (exact) mass is 603 g/mol. The first kappa shape index (κ1) is 31.9. The van der Waals surface area contributed by atoms with Crippen LogP contribution in [0, 0.1) is 11.3 Å². The average Bonchev–Trinajstić information content (AvgIpc) is 2.96. The molecule has 0 spiro atoms. The summed E-state index contributed by atoms with van der Waals surface area (Å²) in [6.07, 6.45) is -3.12. The Labute approximate surface area is 247 Å². The Hall–Kier alpha value is -4.00. The molecule has 0 radical (unpaired) electrons. The van der Waals surface area contributed by atoms with Crippen molar-refractivity contribution in [1.82, 2.24) is 26.1 Å². The number of hydrogen-bond donors (Lipinski definition) is 3. The average molecular weight is 604 g/mol. The minimum Gasteiger partial charge on any atom is -0.451 e. The maximum Gasteiger partial charge on any atom is 0.395 e. The van der Waals surface area contributed by atoms with Crippen LogP contribution in [0.5, 0.6) is 0 Å². The molecular weight excluding hydrogens is 567 g/mol. The third kappa shape index (κ3) is 7.32. The van der Waals surface area contributed by atoms with Crippen molar-refractivity contribution >= 4 is 40.7 Å². The molecule has 5 bridgehead atoms. The van der Waals surface area contributed by atoms with Crippen LogP contribution in [0.4, 0.5) is 13.2 Å². The van der Waals surface area contributed by atoms with Crippen LogP contribution in [0.25, 0.3) is 17.0 Å². The van der Waals surface area contributed by atoms with Crippen LogP contribution < -0.4 is 16.1 Å². The quantitative estimate of drug-likeness (QED) is 0.425. The summed E-state index contributed by atoms with van der Waals surface area (Å²) < 4.78 is 46.5. The summed E-state index contributed by atoms with van der Waals surface area (Å²) in [5.41, 5.74) is 3.35. The third-order valence-corrected chi connectivity index (χ3v) is 7.72. The van der Waals surface area contributed by atoms with Crippen molar-refractivity contribution in [2.75, 3.05) is 6.54 Å². The lowest BCUT2D eigenvalue weighted by molar-refractivity contribution is -0.207. The highest BCUT2D eigenvalue weighted by Gasteiger charge is 2.48. The van der Waals surface area contributed by atoms with Crippen LogP contribution in [0.2, 0.25) is 0 Å². The topological polar surface area (TPSA) is 130 Å². The number of benzene rings is 1. The summed E-state index contributed by atoms with van der Waals surface area (Å²) in [5, 5.41) is 7.19. The number of carbonyl (C=O) groups excluding carboxylic acids is 4. The molecule has 2 aliphatic rings. The number of halogens is 3. The Balaban J connectivity index is 1.73. The van der Waals surface area contributed by atoms with Gasteiger partial charge in [-0.25, -0.2) is 5.43 Å². The van der Waals surface area contributed by atoms with Gasteiger partial charge in [0, 0.05) is 11.9 Å². The van der Waals surface area contributed by atoms with Crippen molar-refractivity contribution in [3.63, 3.8) is 0 Å². The molecule has 13 heteroatoms. The van der Waals surface area contributed by atoms with Gasteiger partial charge in [0.15, 0.2) is 6.10 Å². The van der Waals surface area contributed by atoms with E-state index in [-0.39, 0.29) is 12.5 Å².